The molecule has 0 saturated carbocycles. The van der Waals surface area contributed by atoms with E-state index in [0.717, 1.165) is 33.9 Å². The van der Waals surface area contributed by atoms with Gasteiger partial charge in [-0.05, 0) is 36.0 Å². The minimum absolute atomic E-state index is 0.537. The lowest BCUT2D eigenvalue weighted by Gasteiger charge is -2.14. The summed E-state index contributed by atoms with van der Waals surface area (Å²) in [5.41, 5.74) is 23.4. The molecule has 0 bridgehead atoms. The van der Waals surface area contributed by atoms with E-state index in [1.807, 2.05) is 72.8 Å². The fraction of sp³-hybridized carbons (Fsp3) is 0. The second-order valence-corrected chi connectivity index (χ2v) is 6.31. The number of rotatable bonds is 4. The van der Waals surface area contributed by atoms with Crippen LogP contribution in [0.5, 0.6) is 0 Å². The summed E-state index contributed by atoms with van der Waals surface area (Å²) >= 11 is 0. The van der Waals surface area contributed by atoms with Crippen LogP contribution in [0.25, 0.3) is 21.9 Å². The first-order chi connectivity index (χ1) is 14.9. The van der Waals surface area contributed by atoms with Gasteiger partial charge in [-0.2, -0.15) is 0 Å². The van der Waals surface area contributed by atoms with Crippen LogP contribution in [-0.4, -0.2) is 23.1 Å². The van der Waals surface area contributed by atoms with Gasteiger partial charge in [-0.3, -0.25) is 10.9 Å². The molecule has 4 N–H and O–H groups in total. The minimum Gasteiger partial charge on any atom is -0.529 e. The van der Waals surface area contributed by atoms with Gasteiger partial charge >= 0.3 is 0 Å². The maximum absolute atomic E-state index is 4.84. The van der Waals surface area contributed by atoms with E-state index in [4.69, 9.17) is 9.98 Å². The van der Waals surface area contributed by atoms with E-state index < -0.39 is 0 Å². The molecular formula is C20H16N10-2. The zero-order chi connectivity index (χ0) is 20.2. The molecule has 2 aromatic rings. The molecular weight excluding hydrogens is 380 g/mol. The Hall–Kier alpha value is -4.28. The smallest absolute Gasteiger partial charge is 0.0893 e. The fourth-order valence-corrected chi connectivity index (χ4v) is 3.05. The summed E-state index contributed by atoms with van der Waals surface area (Å²) in [4.78, 5) is 9.68. The Kier molecular flexibility index (Phi) is 4.74. The Morgan fingerprint density at radius 3 is 1.53 bits per heavy atom. The maximum atomic E-state index is 4.84. The fourth-order valence-electron chi connectivity index (χ4n) is 3.05. The molecule has 0 saturated heterocycles. The number of benzene rings is 2. The maximum Gasteiger partial charge on any atom is 0.0893 e. The average Bonchev–Trinajstić information content (AvgIpc) is 3.51. The number of allylic oxidation sites excluding steroid dienone is 4. The van der Waals surface area contributed by atoms with E-state index in [0.29, 0.717) is 11.7 Å². The van der Waals surface area contributed by atoms with Crippen LogP contribution in [0.1, 0.15) is 11.1 Å². The highest BCUT2D eigenvalue weighted by molar-refractivity contribution is 6.52. The largest absolute Gasteiger partial charge is 0.529 e. The van der Waals surface area contributed by atoms with Crippen LogP contribution in [0.2, 0.25) is 0 Å². The summed E-state index contributed by atoms with van der Waals surface area (Å²) in [7, 11) is 0. The van der Waals surface area contributed by atoms with Crippen LogP contribution in [-0.2, 0) is 0 Å². The summed E-state index contributed by atoms with van der Waals surface area (Å²) in [6, 6.07) is 15.4. The molecule has 0 spiro atoms. The van der Waals surface area contributed by atoms with Crippen LogP contribution in [0, 0.1) is 0 Å². The first kappa shape index (κ1) is 17.8. The van der Waals surface area contributed by atoms with Crippen LogP contribution in [0.4, 0.5) is 11.4 Å². The predicted octanol–water partition coefficient (Wildman–Crippen LogP) is 2.29. The van der Waals surface area contributed by atoms with E-state index >= 15 is 0 Å². The number of nitrogens with zero attached hydrogens (tertiary/aromatic N) is 8. The van der Waals surface area contributed by atoms with Crippen molar-refractivity contribution in [3.05, 3.63) is 106 Å². The molecule has 5 rings (SSSR count). The molecule has 30 heavy (non-hydrogen) atoms. The lowest BCUT2D eigenvalue weighted by molar-refractivity contribution is -0.544. The van der Waals surface area contributed by atoms with Gasteiger partial charge in [-0.15, -0.1) is 0 Å². The summed E-state index contributed by atoms with van der Waals surface area (Å²) in [5.74, 6) is 1.07. The summed E-state index contributed by atoms with van der Waals surface area (Å²) < 4.78 is 0. The molecule has 1 aliphatic carbocycles. The molecule has 0 atom stereocenters. The predicted molar refractivity (Wildman–Crippen MR) is 116 cm³/mol. The van der Waals surface area contributed by atoms with Crippen LogP contribution < -0.4 is 11.1 Å². The first-order valence-corrected chi connectivity index (χ1v) is 9.20. The van der Waals surface area contributed by atoms with Crippen molar-refractivity contribution in [2.75, 3.05) is 0 Å². The Bertz CT molecular complexity index is 1060. The van der Waals surface area contributed by atoms with Gasteiger partial charge in [0.1, 0.15) is 0 Å². The first-order valence-electron chi connectivity index (χ1n) is 9.20. The van der Waals surface area contributed by atoms with Crippen LogP contribution in [0.3, 0.4) is 0 Å². The standard InChI is InChI=1S/C20H16N10/c1-3-9-15(13(7-1)19-23-27-28-24-19)21-17-11-5-6-12-18(17)22-16-10-4-2-8-14(16)20-25-29-30-26-20/h1-12H,27,29H2/q-2. The highest BCUT2D eigenvalue weighted by Gasteiger charge is 2.11. The van der Waals surface area contributed by atoms with Gasteiger partial charge in [0.15, 0.2) is 0 Å². The number of hydrogen-bond donors (Lipinski definition) is 2. The van der Waals surface area contributed by atoms with Crippen molar-refractivity contribution in [1.29, 1.82) is 0 Å². The van der Waals surface area contributed by atoms with Crippen molar-refractivity contribution in [3.63, 3.8) is 0 Å². The quantitative estimate of drug-likeness (QED) is 0.578. The van der Waals surface area contributed by atoms with Crippen LogP contribution >= 0.6 is 0 Å². The van der Waals surface area contributed by atoms with E-state index in [1.165, 1.54) is 11.1 Å². The number of nitrogens with two attached hydrogens (primary N) is 2. The van der Waals surface area contributed by atoms with Crippen LogP contribution in [0.15, 0.2) is 93.0 Å². The van der Waals surface area contributed by atoms with E-state index in [1.54, 1.807) is 0 Å². The average molecular weight is 396 g/mol. The number of para-hydroxylation sites is 2. The van der Waals surface area contributed by atoms with Crippen molar-refractivity contribution >= 4 is 34.5 Å². The minimum atomic E-state index is 0.537. The van der Waals surface area contributed by atoms with Crippen molar-refractivity contribution in [3.8, 4) is 0 Å². The molecule has 2 heterocycles. The zero-order valence-corrected chi connectivity index (χ0v) is 15.7. The van der Waals surface area contributed by atoms with Gasteiger partial charge in [-0.25, -0.2) is 9.98 Å². The highest BCUT2D eigenvalue weighted by atomic mass is 15.8. The Morgan fingerprint density at radius 1 is 0.633 bits per heavy atom. The number of amidine groups is 2. The van der Waals surface area contributed by atoms with Crippen molar-refractivity contribution in [2.24, 2.45) is 20.2 Å². The molecule has 2 aromatic carbocycles. The Balaban J connectivity index is 1.55. The van der Waals surface area contributed by atoms with Gasteiger partial charge in [0.05, 0.1) is 22.8 Å². The highest BCUT2D eigenvalue weighted by Crippen LogP contribution is 2.25. The normalized spacial score (nSPS) is 19.7. The third-order valence-electron chi connectivity index (χ3n) is 4.42. The molecule has 0 aromatic heterocycles. The lowest BCUT2D eigenvalue weighted by Crippen LogP contribution is -2.70. The third-order valence-corrected chi connectivity index (χ3v) is 4.42. The summed E-state index contributed by atoms with van der Waals surface area (Å²) in [6.07, 6.45) is 7.69. The third kappa shape index (κ3) is 3.55. The molecule has 10 nitrogen and oxygen atoms in total. The van der Waals surface area contributed by atoms with E-state index in [-0.39, 0.29) is 0 Å². The molecule has 0 amide bonds. The molecule has 3 aliphatic rings. The van der Waals surface area contributed by atoms with E-state index in [2.05, 4.69) is 32.1 Å². The number of quaternary nitrogens is 2. The number of hydrogen-bond acceptors (Lipinski definition) is 4. The molecule has 0 fully saturated rings. The van der Waals surface area contributed by atoms with Crippen molar-refractivity contribution < 1.29 is 11.1 Å². The van der Waals surface area contributed by atoms with Gasteiger partial charge in [0.2, 0.25) is 0 Å². The Labute approximate surface area is 172 Å². The van der Waals surface area contributed by atoms with Crippen molar-refractivity contribution in [1.82, 2.24) is 0 Å². The number of aliphatic imine (C=N–C) groups is 2. The molecule has 0 unspecified atom stereocenters. The van der Waals surface area contributed by atoms with Gasteiger partial charge in [0, 0.05) is 11.1 Å². The summed E-state index contributed by atoms with van der Waals surface area (Å²) in [6.45, 7) is 0. The van der Waals surface area contributed by atoms with Gasteiger partial charge < -0.3 is 32.3 Å². The molecule has 2 aliphatic heterocycles. The van der Waals surface area contributed by atoms with Crippen molar-refractivity contribution in [2.45, 2.75) is 0 Å². The molecule has 10 heteroatoms. The Morgan fingerprint density at radius 2 is 1.10 bits per heavy atom. The molecule has 148 valence electrons. The topological polar surface area (TPSA) is 139 Å². The molecule has 0 radical (unpaired) electrons. The lowest BCUT2D eigenvalue weighted by atomic mass is 10.1. The second-order valence-electron chi connectivity index (χ2n) is 6.31. The second kappa shape index (κ2) is 7.99. The summed E-state index contributed by atoms with van der Waals surface area (Å²) in [5, 5.41) is 8.11. The zero-order valence-electron chi connectivity index (χ0n) is 15.7. The SMILES string of the molecule is C1=CC(=Nc2ccccc2C2=N[N-][NH2+][N-]2)C(=Nc2ccccc2C2=N[N-][NH2+][N-]2)C=C1. The van der Waals surface area contributed by atoms with Gasteiger partial charge in [-0.1, -0.05) is 48.6 Å². The van der Waals surface area contributed by atoms with Gasteiger partial charge in [0.25, 0.3) is 0 Å². The monoisotopic (exact) mass is 396 g/mol. The van der Waals surface area contributed by atoms with E-state index in [9.17, 15) is 0 Å².